The Balaban J connectivity index is 2.33. The summed E-state index contributed by atoms with van der Waals surface area (Å²) in [4.78, 5) is 11.4. The molecule has 1 fully saturated rings. The Morgan fingerprint density at radius 3 is 2.41 bits per heavy atom. The summed E-state index contributed by atoms with van der Waals surface area (Å²) in [6, 6.07) is -0.0112. The SMILES string of the molecule is CCOC(=O)[C@H]1NC1CO[Si](C)(C)C(C)(C)C. The molecule has 0 amide bonds. The quantitative estimate of drug-likeness (QED) is 0.465. The molecule has 0 aliphatic carbocycles. The van der Waals surface area contributed by atoms with Crippen molar-refractivity contribution in [2.45, 2.75) is 57.9 Å². The van der Waals surface area contributed by atoms with Crippen LogP contribution in [0.4, 0.5) is 0 Å². The number of ether oxygens (including phenoxy) is 1. The van der Waals surface area contributed by atoms with E-state index in [0.717, 1.165) is 0 Å². The maximum Gasteiger partial charge on any atom is 0.324 e. The van der Waals surface area contributed by atoms with E-state index >= 15 is 0 Å². The highest BCUT2D eigenvalue weighted by Gasteiger charge is 2.46. The van der Waals surface area contributed by atoms with Crippen molar-refractivity contribution in [1.82, 2.24) is 5.32 Å². The summed E-state index contributed by atoms with van der Waals surface area (Å²) in [5.74, 6) is -0.156. The van der Waals surface area contributed by atoms with Gasteiger partial charge in [0.1, 0.15) is 6.04 Å². The predicted octanol–water partition coefficient (Wildman–Crippen LogP) is 1.91. The fourth-order valence-corrected chi connectivity index (χ4v) is 2.33. The van der Waals surface area contributed by atoms with Gasteiger partial charge in [-0.05, 0) is 25.1 Å². The lowest BCUT2D eigenvalue weighted by Crippen LogP contribution is -2.42. The number of rotatable bonds is 5. The zero-order valence-corrected chi connectivity index (χ0v) is 12.8. The van der Waals surface area contributed by atoms with Crippen molar-refractivity contribution in [2.75, 3.05) is 13.2 Å². The molecule has 2 atom stereocenters. The summed E-state index contributed by atoms with van der Waals surface area (Å²) in [5, 5.41) is 3.31. The van der Waals surface area contributed by atoms with Gasteiger partial charge in [0.05, 0.1) is 19.3 Å². The van der Waals surface area contributed by atoms with Gasteiger partial charge in [0.15, 0.2) is 8.32 Å². The molecule has 100 valence electrons. The second-order valence-electron chi connectivity index (χ2n) is 6.07. The fourth-order valence-electron chi connectivity index (χ4n) is 1.30. The Hall–Kier alpha value is -0.393. The van der Waals surface area contributed by atoms with Crippen molar-refractivity contribution in [2.24, 2.45) is 0 Å². The minimum atomic E-state index is -1.70. The van der Waals surface area contributed by atoms with E-state index in [-0.39, 0.29) is 23.1 Å². The van der Waals surface area contributed by atoms with Crippen LogP contribution in [0.25, 0.3) is 0 Å². The summed E-state index contributed by atoms with van der Waals surface area (Å²) >= 11 is 0. The first kappa shape index (κ1) is 14.7. The van der Waals surface area contributed by atoms with Crippen LogP contribution in [-0.4, -0.2) is 39.6 Å². The van der Waals surface area contributed by atoms with Gasteiger partial charge in [-0.1, -0.05) is 20.8 Å². The van der Waals surface area contributed by atoms with Gasteiger partial charge in [0.2, 0.25) is 0 Å². The number of nitrogens with one attached hydrogen (secondary N) is 1. The third-order valence-corrected chi connectivity index (χ3v) is 8.16. The van der Waals surface area contributed by atoms with E-state index in [1.165, 1.54) is 0 Å². The minimum absolute atomic E-state index is 0.142. The molecule has 0 aromatic heterocycles. The van der Waals surface area contributed by atoms with Gasteiger partial charge in [-0.25, -0.2) is 0 Å². The number of esters is 1. The summed E-state index contributed by atoms with van der Waals surface area (Å²) in [6.07, 6.45) is 0. The van der Waals surface area contributed by atoms with Crippen LogP contribution in [0.2, 0.25) is 18.1 Å². The molecule has 1 aliphatic rings. The normalized spacial score (nSPS) is 24.6. The van der Waals surface area contributed by atoms with Crippen molar-refractivity contribution in [3.05, 3.63) is 0 Å². The van der Waals surface area contributed by atoms with E-state index in [2.05, 4.69) is 39.2 Å². The fraction of sp³-hybridized carbons (Fsp3) is 0.917. The molecule has 0 radical (unpaired) electrons. The van der Waals surface area contributed by atoms with E-state index in [0.29, 0.717) is 13.2 Å². The van der Waals surface area contributed by atoms with Crippen LogP contribution in [0.1, 0.15) is 27.7 Å². The van der Waals surface area contributed by atoms with E-state index in [9.17, 15) is 4.79 Å². The second kappa shape index (κ2) is 5.08. The molecule has 1 heterocycles. The maximum atomic E-state index is 11.4. The van der Waals surface area contributed by atoms with Gasteiger partial charge in [-0.3, -0.25) is 10.1 Å². The second-order valence-corrected chi connectivity index (χ2v) is 10.9. The maximum absolute atomic E-state index is 11.4. The van der Waals surface area contributed by atoms with Crippen molar-refractivity contribution < 1.29 is 14.0 Å². The highest BCUT2D eigenvalue weighted by Crippen LogP contribution is 2.37. The van der Waals surface area contributed by atoms with Gasteiger partial charge < -0.3 is 9.16 Å². The predicted molar refractivity (Wildman–Crippen MR) is 70.5 cm³/mol. The van der Waals surface area contributed by atoms with Crippen LogP contribution < -0.4 is 5.32 Å². The van der Waals surface area contributed by atoms with Gasteiger partial charge in [-0.15, -0.1) is 0 Å². The Kier molecular flexibility index (Phi) is 4.38. The molecule has 5 heteroatoms. The van der Waals surface area contributed by atoms with E-state index in [1.807, 2.05) is 6.92 Å². The number of hydrogen-bond donors (Lipinski definition) is 1. The molecular weight excluding hydrogens is 234 g/mol. The highest BCUT2D eigenvalue weighted by molar-refractivity contribution is 6.74. The monoisotopic (exact) mass is 259 g/mol. The lowest BCUT2D eigenvalue weighted by Gasteiger charge is -2.36. The molecule has 0 aromatic carbocycles. The van der Waals surface area contributed by atoms with Gasteiger partial charge in [-0.2, -0.15) is 0 Å². The molecular formula is C12H25NO3Si. The highest BCUT2D eigenvalue weighted by atomic mass is 28.4. The molecule has 0 saturated carbocycles. The standard InChI is InChI=1S/C12H25NO3Si/c1-7-15-11(14)10-9(13-10)8-16-17(5,6)12(2,3)4/h9-10,13H,7-8H2,1-6H3/t9?,10-/m0/s1. The van der Waals surface area contributed by atoms with Gasteiger partial charge >= 0.3 is 5.97 Å². The summed E-state index contributed by atoms with van der Waals surface area (Å²) in [6.45, 7) is 13.9. The third-order valence-electron chi connectivity index (χ3n) is 3.66. The Morgan fingerprint density at radius 1 is 1.35 bits per heavy atom. The van der Waals surface area contributed by atoms with Crippen molar-refractivity contribution in [1.29, 1.82) is 0 Å². The Morgan fingerprint density at radius 2 is 1.94 bits per heavy atom. The van der Waals surface area contributed by atoms with Crippen LogP contribution in [0.15, 0.2) is 0 Å². The minimum Gasteiger partial charge on any atom is -0.465 e. The number of hydrogen-bond acceptors (Lipinski definition) is 4. The Labute approximate surface area is 105 Å². The number of carbonyl (C=O) groups excluding carboxylic acids is 1. The molecule has 0 aromatic rings. The molecule has 17 heavy (non-hydrogen) atoms. The van der Waals surface area contributed by atoms with Crippen molar-refractivity contribution in [3.63, 3.8) is 0 Å². The first-order chi connectivity index (χ1) is 7.69. The zero-order chi connectivity index (χ0) is 13.3. The first-order valence-electron chi connectivity index (χ1n) is 6.25. The molecule has 1 rings (SSSR count). The average Bonchev–Trinajstić information content (AvgIpc) is 2.92. The smallest absolute Gasteiger partial charge is 0.324 e. The molecule has 4 nitrogen and oxygen atoms in total. The topological polar surface area (TPSA) is 57.5 Å². The lowest BCUT2D eigenvalue weighted by atomic mass is 10.2. The largest absolute Gasteiger partial charge is 0.465 e. The Bertz CT molecular complexity index is 286. The molecule has 1 aliphatic heterocycles. The zero-order valence-electron chi connectivity index (χ0n) is 11.8. The average molecular weight is 259 g/mol. The molecule has 1 unspecified atom stereocenters. The van der Waals surface area contributed by atoms with Gasteiger partial charge in [0.25, 0.3) is 0 Å². The number of carbonyl (C=O) groups is 1. The van der Waals surface area contributed by atoms with E-state index in [1.54, 1.807) is 0 Å². The van der Waals surface area contributed by atoms with E-state index < -0.39 is 8.32 Å². The van der Waals surface area contributed by atoms with Crippen molar-refractivity contribution in [3.8, 4) is 0 Å². The van der Waals surface area contributed by atoms with Gasteiger partial charge in [0, 0.05) is 0 Å². The summed E-state index contributed by atoms with van der Waals surface area (Å²) in [7, 11) is -1.70. The summed E-state index contributed by atoms with van der Waals surface area (Å²) < 4.78 is 11.0. The molecule has 0 bridgehead atoms. The van der Waals surface area contributed by atoms with Crippen LogP contribution in [-0.2, 0) is 14.0 Å². The first-order valence-corrected chi connectivity index (χ1v) is 9.16. The van der Waals surface area contributed by atoms with E-state index in [4.69, 9.17) is 9.16 Å². The molecule has 1 N–H and O–H groups in total. The molecule has 0 spiro atoms. The van der Waals surface area contributed by atoms with Crippen molar-refractivity contribution >= 4 is 14.3 Å². The molecule has 1 saturated heterocycles. The lowest BCUT2D eigenvalue weighted by molar-refractivity contribution is -0.142. The summed E-state index contributed by atoms with van der Waals surface area (Å²) in [5.41, 5.74) is 0. The van der Waals surface area contributed by atoms with Crippen LogP contribution in [0.5, 0.6) is 0 Å². The third kappa shape index (κ3) is 3.79. The van der Waals surface area contributed by atoms with Crippen LogP contribution in [0.3, 0.4) is 0 Å². The van der Waals surface area contributed by atoms with Crippen LogP contribution >= 0.6 is 0 Å². The van der Waals surface area contributed by atoms with Crippen LogP contribution in [0, 0.1) is 0 Å².